The molecule has 7 heteroatoms. The topological polar surface area (TPSA) is 92.3 Å². The van der Waals surface area contributed by atoms with Crippen molar-refractivity contribution >= 4 is 5.97 Å². The van der Waals surface area contributed by atoms with E-state index in [4.69, 9.17) is 10.8 Å². The largest absolute Gasteiger partial charge is 0.480 e. The molecule has 0 spiro atoms. The van der Waals surface area contributed by atoms with Crippen molar-refractivity contribution in [2.75, 3.05) is 6.54 Å². The predicted molar refractivity (Wildman–Crippen MR) is 92.1 cm³/mol. The van der Waals surface area contributed by atoms with Gasteiger partial charge < -0.3 is 10.8 Å². The molecule has 2 aromatic heterocycles. The van der Waals surface area contributed by atoms with Crippen molar-refractivity contribution < 1.29 is 30.0 Å². The molecule has 2 rings (SSSR count). The van der Waals surface area contributed by atoms with Gasteiger partial charge in [-0.1, -0.05) is 18.6 Å². The molecule has 1 atom stereocenters. The van der Waals surface area contributed by atoms with Gasteiger partial charge in [-0.05, 0) is 43.7 Å². The van der Waals surface area contributed by atoms with Crippen molar-refractivity contribution in [3.63, 3.8) is 0 Å². The van der Waals surface area contributed by atoms with Gasteiger partial charge in [0.25, 0.3) is 0 Å². The fourth-order valence-corrected chi connectivity index (χ4v) is 2.48. The van der Waals surface area contributed by atoms with Crippen molar-refractivity contribution in [2.45, 2.75) is 38.4 Å². The molecule has 0 saturated carbocycles. The van der Waals surface area contributed by atoms with Gasteiger partial charge in [-0.15, -0.1) is 0 Å². The molecule has 0 aliphatic carbocycles. The average Bonchev–Trinajstić information content (AvgIpc) is 2.60. The Balaban J connectivity index is 0.00000312. The Morgan fingerprint density at radius 2 is 1.60 bits per heavy atom. The summed E-state index contributed by atoms with van der Waals surface area (Å²) in [4.78, 5) is 21.8. The van der Waals surface area contributed by atoms with Crippen LogP contribution in [0.25, 0.3) is 0 Å². The van der Waals surface area contributed by atoms with Crippen LogP contribution in [0.2, 0.25) is 0 Å². The Bertz CT molecular complexity index is 571. The second-order valence-corrected chi connectivity index (χ2v) is 5.79. The van der Waals surface area contributed by atoms with E-state index in [-0.39, 0.29) is 20.1 Å². The Hall–Kier alpha value is -1.66. The number of hydrogen-bond donors (Lipinski definition) is 2. The third-order valence-corrected chi connectivity index (χ3v) is 3.78. The Kier molecular flexibility index (Phi) is 10.1. The van der Waals surface area contributed by atoms with Crippen LogP contribution < -0.4 is 5.73 Å². The fourth-order valence-electron chi connectivity index (χ4n) is 2.48. The zero-order valence-electron chi connectivity index (χ0n) is 14.1. The first-order chi connectivity index (χ1) is 11.6. The van der Waals surface area contributed by atoms with Gasteiger partial charge in [0.15, 0.2) is 0 Å². The molecule has 0 amide bonds. The van der Waals surface area contributed by atoms with Crippen LogP contribution in [0, 0.1) is 0 Å². The van der Waals surface area contributed by atoms with Crippen molar-refractivity contribution in [1.82, 2.24) is 14.9 Å². The first-order valence-electron chi connectivity index (χ1n) is 8.15. The number of aromatic nitrogens is 2. The Morgan fingerprint density at radius 3 is 2.04 bits per heavy atom. The van der Waals surface area contributed by atoms with Crippen LogP contribution in [0.5, 0.6) is 0 Å². The molecule has 0 bridgehead atoms. The molecule has 25 heavy (non-hydrogen) atoms. The third kappa shape index (κ3) is 8.31. The van der Waals surface area contributed by atoms with Crippen molar-refractivity contribution in [2.24, 2.45) is 5.73 Å². The van der Waals surface area contributed by atoms with Crippen LogP contribution in [-0.2, 0) is 38.0 Å². The summed E-state index contributed by atoms with van der Waals surface area (Å²) in [5.74, 6) is -0.936. The maximum absolute atomic E-state index is 10.8. The van der Waals surface area contributed by atoms with Crippen molar-refractivity contribution in [3.05, 3.63) is 60.2 Å². The molecule has 135 valence electrons. The van der Waals surface area contributed by atoms with Crippen LogP contribution in [0.15, 0.2) is 48.8 Å². The summed E-state index contributed by atoms with van der Waals surface area (Å²) in [7, 11) is 0. The molecule has 6 nitrogen and oxygen atoms in total. The van der Waals surface area contributed by atoms with E-state index in [1.807, 2.05) is 36.4 Å². The van der Waals surface area contributed by atoms with Crippen LogP contribution in [0.3, 0.4) is 0 Å². The number of carboxylic acids is 1. The predicted octanol–water partition coefficient (Wildman–Crippen LogP) is 2.06. The van der Waals surface area contributed by atoms with E-state index >= 15 is 0 Å². The minimum atomic E-state index is -0.936. The smallest absolute Gasteiger partial charge is 0.320 e. The van der Waals surface area contributed by atoms with Gasteiger partial charge in [0, 0.05) is 45.6 Å². The molecule has 1 radical (unpaired) electrons. The molecular weight excluding hydrogens is 403 g/mol. The third-order valence-electron chi connectivity index (χ3n) is 3.78. The average molecular weight is 427 g/mol. The van der Waals surface area contributed by atoms with E-state index in [2.05, 4.69) is 14.9 Å². The van der Waals surface area contributed by atoms with E-state index in [0.29, 0.717) is 6.42 Å². The standard InChI is InChI=1S/C18H24N4O2.Tc/c19-17(18(23)24)9-3-6-12-22(13-15-7-1-4-10-20-15)14-16-8-2-5-11-21-16;/h1-2,4-5,7-8,10-11,17H,3,6,9,12-14,19H2,(H,23,24);/i;1+1. The summed E-state index contributed by atoms with van der Waals surface area (Å²) >= 11 is 0. The number of rotatable bonds is 10. The zero-order chi connectivity index (χ0) is 17.2. The molecule has 0 saturated heterocycles. The second kappa shape index (κ2) is 11.8. The minimum Gasteiger partial charge on any atom is -0.480 e. The van der Waals surface area contributed by atoms with Gasteiger partial charge in [0.2, 0.25) is 0 Å². The second-order valence-electron chi connectivity index (χ2n) is 5.79. The molecule has 0 aliphatic rings. The van der Waals surface area contributed by atoms with E-state index in [0.717, 1.165) is 43.9 Å². The first-order valence-corrected chi connectivity index (χ1v) is 8.15. The summed E-state index contributed by atoms with van der Waals surface area (Å²) < 4.78 is 0. The van der Waals surface area contributed by atoms with E-state index in [1.165, 1.54) is 0 Å². The number of nitrogens with zero attached hydrogens (tertiary/aromatic N) is 3. The van der Waals surface area contributed by atoms with Crippen LogP contribution in [0.4, 0.5) is 0 Å². The van der Waals surface area contributed by atoms with Gasteiger partial charge in [0.1, 0.15) is 6.04 Å². The first kappa shape index (κ1) is 21.4. The Labute approximate surface area is 161 Å². The molecule has 0 fully saturated rings. The van der Waals surface area contributed by atoms with Gasteiger partial charge in [0.05, 0.1) is 11.4 Å². The van der Waals surface area contributed by atoms with Crippen LogP contribution >= 0.6 is 0 Å². The van der Waals surface area contributed by atoms with Crippen LogP contribution in [-0.4, -0.2) is 38.5 Å². The maximum atomic E-state index is 10.8. The van der Waals surface area contributed by atoms with Gasteiger partial charge in [-0.2, -0.15) is 0 Å². The summed E-state index contributed by atoms with van der Waals surface area (Å²) in [6.07, 6.45) is 5.76. The van der Waals surface area contributed by atoms with Crippen LogP contribution in [0.1, 0.15) is 30.7 Å². The number of unbranched alkanes of at least 4 members (excludes halogenated alkanes) is 1. The van der Waals surface area contributed by atoms with Crippen molar-refractivity contribution in [1.29, 1.82) is 0 Å². The van der Waals surface area contributed by atoms with E-state index in [9.17, 15) is 4.79 Å². The molecule has 1 unspecified atom stereocenters. The number of carbonyl (C=O) groups is 1. The quantitative estimate of drug-likeness (QED) is 0.564. The number of nitrogens with two attached hydrogens (primary N) is 1. The van der Waals surface area contributed by atoms with Crippen molar-refractivity contribution in [3.8, 4) is 0 Å². The summed E-state index contributed by atoms with van der Waals surface area (Å²) in [6.45, 7) is 2.32. The zero-order valence-corrected chi connectivity index (χ0v) is 15.9. The molecule has 3 N–H and O–H groups in total. The molecule has 0 aromatic carbocycles. The number of carboxylic acid groups (broad SMARTS) is 1. The Morgan fingerprint density at radius 1 is 1.04 bits per heavy atom. The summed E-state index contributed by atoms with van der Waals surface area (Å²) in [6, 6.07) is 11.0. The maximum Gasteiger partial charge on any atom is 0.320 e. The summed E-state index contributed by atoms with van der Waals surface area (Å²) in [5.41, 5.74) is 7.57. The number of pyridine rings is 2. The molecule has 2 heterocycles. The minimum absolute atomic E-state index is 0. The summed E-state index contributed by atoms with van der Waals surface area (Å²) in [5, 5.41) is 8.83. The number of aliphatic carboxylic acids is 1. The molecule has 2 aromatic rings. The van der Waals surface area contributed by atoms with E-state index in [1.54, 1.807) is 12.4 Å². The monoisotopic (exact) mass is 427 g/mol. The fraction of sp³-hybridized carbons (Fsp3) is 0.389. The SMILES string of the molecule is NC(CCCCN(Cc1ccccn1)Cc1ccccn1)C(=O)O.[99Tc]. The van der Waals surface area contributed by atoms with E-state index < -0.39 is 12.0 Å². The van der Waals surface area contributed by atoms with Gasteiger partial charge >= 0.3 is 5.97 Å². The molecule has 0 aliphatic heterocycles. The molecular formula is C18H24N4O2Tc. The normalized spacial score (nSPS) is 11.8. The number of hydrogen-bond acceptors (Lipinski definition) is 5. The van der Waals surface area contributed by atoms with Gasteiger partial charge in [-0.25, -0.2) is 0 Å². The van der Waals surface area contributed by atoms with Gasteiger partial charge in [-0.3, -0.25) is 19.7 Å².